The molecule has 0 radical (unpaired) electrons. The number of nitrogens with zero attached hydrogens (tertiary/aromatic N) is 2. The molecule has 2 heterocycles. The van der Waals surface area contributed by atoms with Crippen LogP contribution in [0.2, 0.25) is 0 Å². The molecule has 0 saturated heterocycles. The lowest BCUT2D eigenvalue weighted by molar-refractivity contribution is 0.0765. The number of allylic oxidation sites excluding steroid dienone is 1. The molecule has 80 valence electrons. The summed E-state index contributed by atoms with van der Waals surface area (Å²) in [4.78, 5) is 22.7. The van der Waals surface area contributed by atoms with Gasteiger partial charge in [0.05, 0.1) is 6.54 Å². The van der Waals surface area contributed by atoms with Gasteiger partial charge in [-0.2, -0.15) is 0 Å². The van der Waals surface area contributed by atoms with E-state index in [2.05, 4.69) is 0 Å². The Hall–Kier alpha value is -1.98. The van der Waals surface area contributed by atoms with Gasteiger partial charge in [0, 0.05) is 19.3 Å². The fraction of sp³-hybridized carbons (Fsp3) is 0.333. The van der Waals surface area contributed by atoms with E-state index < -0.39 is 0 Å². The van der Waals surface area contributed by atoms with Gasteiger partial charge in [-0.25, -0.2) is 4.79 Å². The average Bonchev–Trinajstić information content (AvgIpc) is 2.72. The molecule has 1 aromatic heterocycles. The second kappa shape index (κ2) is 3.64. The predicted molar refractivity (Wildman–Crippen MR) is 51.1 cm³/mol. The quantitative estimate of drug-likeness (QED) is 0.653. The molecule has 0 aromatic carbocycles. The van der Waals surface area contributed by atoms with Crippen LogP contribution in [0.5, 0.6) is 0 Å². The highest BCUT2D eigenvalue weighted by Crippen LogP contribution is 2.07. The maximum absolute atomic E-state index is 11.6. The number of hydrogen-bond acceptors (Lipinski definition) is 4. The zero-order valence-corrected chi connectivity index (χ0v) is 8.17. The van der Waals surface area contributed by atoms with Crippen molar-refractivity contribution in [2.75, 3.05) is 6.79 Å². The summed E-state index contributed by atoms with van der Waals surface area (Å²) in [6, 6.07) is 1.33. The standard InChI is InChI=1S/C9H10N2O4/c1-10-8(12)2-3-11(9(10)13)4-7-5-14-6-15-7/h2-3,5H,4,6H2,1H3. The van der Waals surface area contributed by atoms with Crippen molar-refractivity contribution in [3.8, 4) is 0 Å². The van der Waals surface area contributed by atoms with Gasteiger partial charge in [0.2, 0.25) is 6.79 Å². The van der Waals surface area contributed by atoms with Crippen LogP contribution in [-0.4, -0.2) is 15.9 Å². The summed E-state index contributed by atoms with van der Waals surface area (Å²) < 4.78 is 12.3. The number of hydrogen-bond donors (Lipinski definition) is 0. The molecule has 0 N–H and O–H groups in total. The molecule has 2 rings (SSSR count). The van der Waals surface area contributed by atoms with Crippen molar-refractivity contribution in [2.24, 2.45) is 7.05 Å². The van der Waals surface area contributed by atoms with Crippen molar-refractivity contribution < 1.29 is 9.47 Å². The zero-order chi connectivity index (χ0) is 10.8. The smallest absolute Gasteiger partial charge is 0.331 e. The molecule has 0 aliphatic carbocycles. The molecule has 0 bridgehead atoms. The van der Waals surface area contributed by atoms with Crippen molar-refractivity contribution in [1.29, 1.82) is 0 Å². The largest absolute Gasteiger partial charge is 0.462 e. The minimum atomic E-state index is -0.376. The van der Waals surface area contributed by atoms with E-state index in [0.717, 1.165) is 4.57 Å². The third-order valence-electron chi connectivity index (χ3n) is 2.11. The van der Waals surface area contributed by atoms with Crippen molar-refractivity contribution in [1.82, 2.24) is 9.13 Å². The van der Waals surface area contributed by atoms with Gasteiger partial charge in [-0.05, 0) is 0 Å². The third kappa shape index (κ3) is 1.78. The lowest BCUT2D eigenvalue weighted by atomic mass is 10.5. The zero-order valence-electron chi connectivity index (χ0n) is 8.17. The first-order chi connectivity index (χ1) is 7.18. The monoisotopic (exact) mass is 210 g/mol. The van der Waals surface area contributed by atoms with Gasteiger partial charge < -0.3 is 9.47 Å². The van der Waals surface area contributed by atoms with Crippen LogP contribution in [0.15, 0.2) is 33.9 Å². The summed E-state index contributed by atoms with van der Waals surface area (Å²) in [6.07, 6.45) is 2.89. The molecular formula is C9H10N2O4. The number of rotatable bonds is 2. The summed E-state index contributed by atoms with van der Waals surface area (Å²) >= 11 is 0. The summed E-state index contributed by atoms with van der Waals surface area (Å²) in [6.45, 7) is 0.447. The topological polar surface area (TPSA) is 62.5 Å². The van der Waals surface area contributed by atoms with Crippen LogP contribution in [0.3, 0.4) is 0 Å². The minimum absolute atomic E-state index is 0.176. The summed E-state index contributed by atoms with van der Waals surface area (Å²) in [5.74, 6) is 0.566. The molecule has 1 aromatic rings. The highest BCUT2D eigenvalue weighted by molar-refractivity contribution is 4.94. The molecule has 6 nitrogen and oxygen atoms in total. The maximum Gasteiger partial charge on any atom is 0.331 e. The normalized spacial score (nSPS) is 14.3. The Morgan fingerprint density at radius 3 is 2.93 bits per heavy atom. The predicted octanol–water partition coefficient (Wildman–Crippen LogP) is -0.607. The molecule has 0 fully saturated rings. The van der Waals surface area contributed by atoms with E-state index in [9.17, 15) is 9.59 Å². The van der Waals surface area contributed by atoms with Gasteiger partial charge in [-0.3, -0.25) is 13.9 Å². The molecule has 0 saturated carbocycles. The highest BCUT2D eigenvalue weighted by Gasteiger charge is 2.09. The Bertz CT molecular complexity index is 512. The van der Waals surface area contributed by atoms with Gasteiger partial charge in [0.1, 0.15) is 6.26 Å². The van der Waals surface area contributed by atoms with Crippen molar-refractivity contribution in [3.05, 3.63) is 45.1 Å². The van der Waals surface area contributed by atoms with Crippen LogP contribution >= 0.6 is 0 Å². The molecule has 6 heteroatoms. The Morgan fingerprint density at radius 1 is 1.47 bits per heavy atom. The average molecular weight is 210 g/mol. The van der Waals surface area contributed by atoms with Gasteiger partial charge in [0.15, 0.2) is 5.76 Å². The fourth-order valence-electron chi connectivity index (χ4n) is 1.26. The molecule has 1 aliphatic rings. The molecule has 15 heavy (non-hydrogen) atoms. The molecule has 1 aliphatic heterocycles. The van der Waals surface area contributed by atoms with Crippen LogP contribution in [0.25, 0.3) is 0 Å². The molecular weight excluding hydrogens is 200 g/mol. The Balaban J connectivity index is 2.33. The van der Waals surface area contributed by atoms with E-state index in [0.29, 0.717) is 5.76 Å². The van der Waals surface area contributed by atoms with Crippen LogP contribution in [0, 0.1) is 0 Å². The van der Waals surface area contributed by atoms with Gasteiger partial charge in [-0.1, -0.05) is 0 Å². The summed E-state index contributed by atoms with van der Waals surface area (Å²) in [7, 11) is 1.43. The first-order valence-electron chi connectivity index (χ1n) is 4.38. The van der Waals surface area contributed by atoms with Crippen LogP contribution in [0.1, 0.15) is 0 Å². The second-order valence-corrected chi connectivity index (χ2v) is 3.14. The van der Waals surface area contributed by atoms with Crippen LogP contribution < -0.4 is 11.2 Å². The van der Waals surface area contributed by atoms with E-state index in [-0.39, 0.29) is 24.6 Å². The Labute approximate surface area is 85.0 Å². The van der Waals surface area contributed by atoms with E-state index in [1.54, 1.807) is 0 Å². The maximum atomic E-state index is 11.6. The van der Waals surface area contributed by atoms with E-state index in [4.69, 9.17) is 9.47 Å². The van der Waals surface area contributed by atoms with E-state index >= 15 is 0 Å². The van der Waals surface area contributed by atoms with Gasteiger partial charge >= 0.3 is 5.69 Å². The Morgan fingerprint density at radius 2 is 2.27 bits per heavy atom. The third-order valence-corrected chi connectivity index (χ3v) is 2.11. The lowest BCUT2D eigenvalue weighted by Crippen LogP contribution is -2.37. The molecule has 0 atom stereocenters. The molecule has 0 amide bonds. The van der Waals surface area contributed by atoms with Crippen LogP contribution in [-0.2, 0) is 23.1 Å². The van der Waals surface area contributed by atoms with Crippen molar-refractivity contribution in [3.63, 3.8) is 0 Å². The van der Waals surface area contributed by atoms with Crippen molar-refractivity contribution in [2.45, 2.75) is 6.54 Å². The van der Waals surface area contributed by atoms with E-state index in [1.165, 1.54) is 30.1 Å². The van der Waals surface area contributed by atoms with Gasteiger partial charge in [0.25, 0.3) is 5.56 Å². The van der Waals surface area contributed by atoms with E-state index in [1.807, 2.05) is 0 Å². The second-order valence-electron chi connectivity index (χ2n) is 3.14. The molecule has 0 spiro atoms. The summed E-state index contributed by atoms with van der Waals surface area (Å²) in [5.41, 5.74) is -0.701. The summed E-state index contributed by atoms with van der Waals surface area (Å²) in [5, 5.41) is 0. The SMILES string of the molecule is Cn1c(=O)ccn(CC2=COCO2)c1=O. The Kier molecular flexibility index (Phi) is 2.32. The molecule has 0 unspecified atom stereocenters. The first-order valence-corrected chi connectivity index (χ1v) is 4.38. The van der Waals surface area contributed by atoms with Crippen LogP contribution in [0.4, 0.5) is 0 Å². The number of aromatic nitrogens is 2. The van der Waals surface area contributed by atoms with Crippen molar-refractivity contribution >= 4 is 0 Å². The van der Waals surface area contributed by atoms with Gasteiger partial charge in [-0.15, -0.1) is 0 Å². The number of ether oxygens (including phenoxy) is 2. The minimum Gasteiger partial charge on any atom is -0.462 e. The first kappa shape index (κ1) is 9.57. The lowest BCUT2D eigenvalue weighted by Gasteiger charge is -2.06. The highest BCUT2D eigenvalue weighted by atomic mass is 16.7. The fourth-order valence-corrected chi connectivity index (χ4v) is 1.26.